The Morgan fingerprint density at radius 1 is 1.38 bits per heavy atom. The van der Waals surface area contributed by atoms with Crippen molar-refractivity contribution in [3.8, 4) is 11.3 Å². The Balaban J connectivity index is 2.55. The molecule has 0 saturated carbocycles. The number of carbonyl (C=O) groups is 1. The molecule has 0 bridgehead atoms. The Morgan fingerprint density at radius 3 is 2.56 bits per heavy atom. The summed E-state index contributed by atoms with van der Waals surface area (Å²) in [6.45, 7) is 1.66. The number of rotatable bonds is 2. The molecule has 4 nitrogen and oxygen atoms in total. The number of carbonyl (C=O) groups excluding carboxylic acids is 1. The first-order chi connectivity index (χ1) is 7.58. The molecule has 1 aromatic heterocycles. The normalized spacial score (nSPS) is 10.4. The van der Waals surface area contributed by atoms with Crippen LogP contribution in [0.2, 0.25) is 5.02 Å². The van der Waals surface area contributed by atoms with Crippen LogP contribution >= 0.6 is 11.6 Å². The molecule has 82 valence electrons. The molecular weight excluding hydrogens is 228 g/mol. The maximum Gasteiger partial charge on any atom is 0.286 e. The van der Waals surface area contributed by atoms with Crippen molar-refractivity contribution < 1.29 is 9.21 Å². The van der Waals surface area contributed by atoms with Gasteiger partial charge in [0, 0.05) is 17.5 Å². The van der Waals surface area contributed by atoms with Crippen LogP contribution in [0.5, 0.6) is 0 Å². The van der Waals surface area contributed by atoms with E-state index in [0.717, 1.165) is 5.56 Å². The van der Waals surface area contributed by atoms with Crippen LogP contribution in [0.25, 0.3) is 11.3 Å². The molecule has 0 aliphatic heterocycles. The van der Waals surface area contributed by atoms with Crippen molar-refractivity contribution in [1.29, 1.82) is 0 Å². The summed E-state index contributed by atoms with van der Waals surface area (Å²) < 4.78 is 5.14. The van der Waals surface area contributed by atoms with Crippen LogP contribution in [0.4, 0.5) is 0 Å². The van der Waals surface area contributed by atoms with Crippen LogP contribution in [-0.2, 0) is 0 Å². The number of oxazole rings is 1. The van der Waals surface area contributed by atoms with Gasteiger partial charge in [-0.05, 0) is 12.1 Å². The van der Waals surface area contributed by atoms with Crippen molar-refractivity contribution in [3.63, 3.8) is 0 Å². The Morgan fingerprint density at radius 2 is 2.00 bits per heavy atom. The first-order valence-electron chi connectivity index (χ1n) is 4.61. The van der Waals surface area contributed by atoms with E-state index in [9.17, 15) is 4.79 Å². The van der Waals surface area contributed by atoms with E-state index in [-0.39, 0.29) is 5.76 Å². The quantitative estimate of drug-likeness (QED) is 0.871. The zero-order valence-corrected chi connectivity index (χ0v) is 9.28. The lowest BCUT2D eigenvalue weighted by Crippen LogP contribution is -2.11. The van der Waals surface area contributed by atoms with Crippen molar-refractivity contribution in [1.82, 2.24) is 4.98 Å². The number of hydrogen-bond acceptors (Lipinski definition) is 3. The van der Waals surface area contributed by atoms with Gasteiger partial charge in [-0.25, -0.2) is 4.98 Å². The monoisotopic (exact) mass is 236 g/mol. The van der Waals surface area contributed by atoms with E-state index in [0.29, 0.717) is 16.6 Å². The summed E-state index contributed by atoms with van der Waals surface area (Å²) in [6, 6.07) is 6.94. The van der Waals surface area contributed by atoms with E-state index in [1.165, 1.54) is 0 Å². The predicted octanol–water partition coefficient (Wildman–Crippen LogP) is 2.40. The highest BCUT2D eigenvalue weighted by Crippen LogP contribution is 2.24. The van der Waals surface area contributed by atoms with Gasteiger partial charge in [-0.15, -0.1) is 0 Å². The lowest BCUT2D eigenvalue weighted by Gasteiger charge is -1.97. The second kappa shape index (κ2) is 3.98. The zero-order chi connectivity index (χ0) is 11.7. The smallest absolute Gasteiger partial charge is 0.286 e. The van der Waals surface area contributed by atoms with Gasteiger partial charge in [0.05, 0.1) is 0 Å². The molecule has 0 atom stereocenters. The fourth-order valence-electron chi connectivity index (χ4n) is 1.40. The van der Waals surface area contributed by atoms with Crippen LogP contribution in [-0.4, -0.2) is 10.9 Å². The molecule has 2 aromatic rings. The second-order valence-corrected chi connectivity index (χ2v) is 3.72. The van der Waals surface area contributed by atoms with E-state index in [4.69, 9.17) is 21.8 Å². The maximum atomic E-state index is 11.1. The molecule has 1 amide bonds. The molecule has 2 N–H and O–H groups in total. The van der Waals surface area contributed by atoms with Gasteiger partial charge in [0.15, 0.2) is 5.89 Å². The van der Waals surface area contributed by atoms with Crippen molar-refractivity contribution in [2.45, 2.75) is 6.92 Å². The topological polar surface area (TPSA) is 69.1 Å². The molecular formula is C11H9ClN2O2. The van der Waals surface area contributed by atoms with E-state index >= 15 is 0 Å². The molecule has 2 rings (SSSR count). The number of primary amides is 1. The summed E-state index contributed by atoms with van der Waals surface area (Å²) in [6.07, 6.45) is 0. The van der Waals surface area contributed by atoms with E-state index in [1.807, 2.05) is 0 Å². The fourth-order valence-corrected chi connectivity index (χ4v) is 1.52. The summed E-state index contributed by atoms with van der Waals surface area (Å²) in [5.74, 6) is -0.163. The molecule has 0 radical (unpaired) electrons. The third-order valence-corrected chi connectivity index (χ3v) is 2.33. The summed E-state index contributed by atoms with van der Waals surface area (Å²) >= 11 is 5.77. The fraction of sp³-hybridized carbons (Fsp3) is 0.0909. The Hall–Kier alpha value is -1.81. The Labute approximate surface area is 97.0 Å². The third-order valence-electron chi connectivity index (χ3n) is 2.08. The van der Waals surface area contributed by atoms with Crippen LogP contribution in [0, 0.1) is 6.92 Å². The molecule has 16 heavy (non-hydrogen) atoms. The molecule has 1 aromatic carbocycles. The largest absolute Gasteiger partial charge is 0.435 e. The first kappa shape index (κ1) is 10.7. The summed E-state index contributed by atoms with van der Waals surface area (Å²) in [4.78, 5) is 15.3. The van der Waals surface area contributed by atoms with Gasteiger partial charge in [-0.1, -0.05) is 23.7 Å². The number of aryl methyl sites for hydroxylation is 1. The lowest BCUT2D eigenvalue weighted by atomic mass is 10.1. The molecule has 0 aliphatic carbocycles. The summed E-state index contributed by atoms with van der Waals surface area (Å²) in [5.41, 5.74) is 6.39. The summed E-state index contributed by atoms with van der Waals surface area (Å²) in [5, 5.41) is 0.615. The number of nitrogens with two attached hydrogens (primary N) is 1. The maximum absolute atomic E-state index is 11.1. The van der Waals surface area contributed by atoms with Gasteiger partial charge < -0.3 is 10.2 Å². The number of amides is 1. The first-order valence-corrected chi connectivity index (χ1v) is 4.99. The number of aromatic nitrogens is 1. The highest BCUT2D eigenvalue weighted by atomic mass is 35.5. The number of benzene rings is 1. The molecule has 0 fully saturated rings. The molecule has 1 heterocycles. The van der Waals surface area contributed by atoms with E-state index < -0.39 is 5.91 Å². The van der Waals surface area contributed by atoms with Gasteiger partial charge >= 0.3 is 0 Å². The second-order valence-electron chi connectivity index (χ2n) is 3.28. The number of nitrogens with zero attached hydrogens (tertiary/aromatic N) is 1. The molecule has 0 spiro atoms. The van der Waals surface area contributed by atoms with Gasteiger partial charge in [0.25, 0.3) is 5.91 Å². The molecule has 0 saturated heterocycles. The van der Waals surface area contributed by atoms with Crippen molar-refractivity contribution in [2.75, 3.05) is 0 Å². The average molecular weight is 237 g/mol. The van der Waals surface area contributed by atoms with Gasteiger partial charge in [0.2, 0.25) is 5.76 Å². The SMILES string of the molecule is Cc1nc(-c2ccc(Cl)cc2)c(C(N)=O)o1. The van der Waals surface area contributed by atoms with Gasteiger partial charge in [-0.3, -0.25) is 4.79 Å². The van der Waals surface area contributed by atoms with Crippen molar-refractivity contribution >= 4 is 17.5 Å². The standard InChI is InChI=1S/C11H9ClN2O2/c1-6-14-9(10(16-6)11(13)15)7-2-4-8(12)5-3-7/h2-5H,1H3,(H2,13,15). The molecule has 0 unspecified atom stereocenters. The van der Waals surface area contributed by atoms with Crippen LogP contribution < -0.4 is 5.73 Å². The number of halogens is 1. The minimum absolute atomic E-state index is 0.0693. The minimum Gasteiger partial charge on any atom is -0.435 e. The highest BCUT2D eigenvalue weighted by molar-refractivity contribution is 6.30. The Kier molecular flexibility index (Phi) is 2.66. The van der Waals surface area contributed by atoms with Crippen LogP contribution in [0.1, 0.15) is 16.4 Å². The highest BCUT2D eigenvalue weighted by Gasteiger charge is 2.17. The van der Waals surface area contributed by atoms with Crippen molar-refractivity contribution in [3.05, 3.63) is 40.9 Å². The summed E-state index contributed by atoms with van der Waals surface area (Å²) in [7, 11) is 0. The average Bonchev–Trinajstić information content (AvgIpc) is 2.61. The predicted molar refractivity (Wildman–Crippen MR) is 60.2 cm³/mol. The Bertz CT molecular complexity index is 531. The van der Waals surface area contributed by atoms with Gasteiger partial charge in [0.1, 0.15) is 5.69 Å². The number of hydrogen-bond donors (Lipinski definition) is 1. The minimum atomic E-state index is -0.634. The van der Waals surface area contributed by atoms with Crippen LogP contribution in [0.15, 0.2) is 28.7 Å². The third kappa shape index (κ3) is 1.92. The van der Waals surface area contributed by atoms with Gasteiger partial charge in [-0.2, -0.15) is 0 Å². The van der Waals surface area contributed by atoms with Crippen molar-refractivity contribution in [2.24, 2.45) is 5.73 Å². The molecule has 5 heteroatoms. The zero-order valence-electron chi connectivity index (χ0n) is 8.53. The van der Waals surface area contributed by atoms with E-state index in [1.54, 1.807) is 31.2 Å². The lowest BCUT2D eigenvalue weighted by molar-refractivity contribution is 0.0973. The van der Waals surface area contributed by atoms with Crippen LogP contribution in [0.3, 0.4) is 0 Å². The van der Waals surface area contributed by atoms with E-state index in [2.05, 4.69) is 4.98 Å². The molecule has 0 aliphatic rings.